The number of rotatable bonds is 6. The maximum atomic E-state index is 11.8. The number of nitrogens with one attached hydrogen (secondary N) is 2. The summed E-state index contributed by atoms with van der Waals surface area (Å²) < 4.78 is 6.16. The molecule has 0 aliphatic carbocycles. The van der Waals surface area contributed by atoms with Crippen molar-refractivity contribution in [3.63, 3.8) is 0 Å². The molecule has 0 bridgehead atoms. The molecule has 0 saturated heterocycles. The quantitative estimate of drug-likeness (QED) is 0.687. The maximum absolute atomic E-state index is 11.8. The number of amides is 1. The van der Waals surface area contributed by atoms with E-state index in [0.29, 0.717) is 33.3 Å². The number of halogens is 3. The number of aromatic amines is 1. The highest BCUT2D eigenvalue weighted by Crippen LogP contribution is 2.31. The first-order valence-electron chi connectivity index (χ1n) is 6.72. The Morgan fingerprint density at radius 1 is 1.35 bits per heavy atom. The number of pyridine rings is 1. The van der Waals surface area contributed by atoms with Gasteiger partial charge in [-0.25, -0.2) is 0 Å². The summed E-state index contributed by atoms with van der Waals surface area (Å²) in [5.74, 6) is 0.206. The Kier molecular flexibility index (Phi) is 6.50. The molecule has 1 aromatic heterocycles. The molecule has 5 nitrogen and oxygen atoms in total. The Morgan fingerprint density at radius 3 is 2.91 bits per heavy atom. The lowest BCUT2D eigenvalue weighted by Gasteiger charge is -2.09. The normalized spacial score (nSPS) is 10.4. The highest BCUT2D eigenvalue weighted by Gasteiger charge is 2.08. The molecular formula is C15H13BrCl2N2O3. The fourth-order valence-electron chi connectivity index (χ4n) is 1.77. The first-order valence-corrected chi connectivity index (χ1v) is 8.27. The third kappa shape index (κ3) is 5.27. The lowest BCUT2D eigenvalue weighted by atomic mass is 10.3. The molecule has 0 atom stereocenters. The first kappa shape index (κ1) is 17.8. The Morgan fingerprint density at radius 2 is 2.13 bits per heavy atom. The third-order valence-electron chi connectivity index (χ3n) is 2.86. The van der Waals surface area contributed by atoms with Crippen LogP contribution in [0.5, 0.6) is 5.75 Å². The summed E-state index contributed by atoms with van der Waals surface area (Å²) in [6, 6.07) is 6.64. The first-order chi connectivity index (χ1) is 11.0. The van der Waals surface area contributed by atoms with Gasteiger partial charge < -0.3 is 15.0 Å². The molecule has 0 unspecified atom stereocenters. The standard InChI is InChI=1S/C15H13BrCl2N2O3/c16-9-7-11(15(22)19-8-9)20-13(21)5-2-6-23-12-4-1-3-10(17)14(12)18/h1,3-4,7-8H,2,5-6H2,(H,19,22)(H,20,21). The van der Waals surface area contributed by atoms with Crippen LogP contribution in [0.15, 0.2) is 39.7 Å². The Labute approximate surface area is 151 Å². The van der Waals surface area contributed by atoms with E-state index >= 15 is 0 Å². The summed E-state index contributed by atoms with van der Waals surface area (Å²) in [5.41, 5.74) is -0.160. The van der Waals surface area contributed by atoms with E-state index in [2.05, 4.69) is 26.2 Å². The Balaban J connectivity index is 1.80. The Bertz CT molecular complexity index is 765. The summed E-state index contributed by atoms with van der Waals surface area (Å²) >= 11 is 15.1. The molecule has 0 aliphatic heterocycles. The van der Waals surface area contributed by atoms with Crippen LogP contribution in [-0.4, -0.2) is 17.5 Å². The average molecular weight is 420 g/mol. The van der Waals surface area contributed by atoms with E-state index < -0.39 is 0 Å². The van der Waals surface area contributed by atoms with Gasteiger partial charge >= 0.3 is 0 Å². The molecule has 0 spiro atoms. The third-order valence-corrected chi connectivity index (χ3v) is 4.12. The van der Waals surface area contributed by atoms with Crippen molar-refractivity contribution in [2.75, 3.05) is 11.9 Å². The summed E-state index contributed by atoms with van der Waals surface area (Å²) in [6.45, 7) is 0.308. The summed E-state index contributed by atoms with van der Waals surface area (Å²) in [6.07, 6.45) is 2.19. The zero-order chi connectivity index (χ0) is 16.8. The second kappa shape index (κ2) is 8.38. The van der Waals surface area contributed by atoms with Crippen LogP contribution in [0.25, 0.3) is 0 Å². The molecule has 2 N–H and O–H groups in total. The van der Waals surface area contributed by atoms with Crippen molar-refractivity contribution < 1.29 is 9.53 Å². The van der Waals surface area contributed by atoms with E-state index in [4.69, 9.17) is 27.9 Å². The number of aromatic nitrogens is 1. The van der Waals surface area contributed by atoms with Crippen LogP contribution in [0.4, 0.5) is 5.69 Å². The van der Waals surface area contributed by atoms with Gasteiger partial charge in [0.2, 0.25) is 5.91 Å². The van der Waals surface area contributed by atoms with E-state index in [-0.39, 0.29) is 23.6 Å². The summed E-state index contributed by atoms with van der Waals surface area (Å²) in [4.78, 5) is 25.9. The van der Waals surface area contributed by atoms with Crippen molar-refractivity contribution in [2.45, 2.75) is 12.8 Å². The molecule has 1 aromatic carbocycles. The topological polar surface area (TPSA) is 71.2 Å². The van der Waals surface area contributed by atoms with Crippen molar-refractivity contribution in [3.05, 3.63) is 55.3 Å². The predicted octanol–water partition coefficient (Wildman–Crippen LogP) is 4.24. The minimum absolute atomic E-state index is 0.197. The van der Waals surface area contributed by atoms with Crippen LogP contribution < -0.4 is 15.6 Å². The molecule has 0 saturated carbocycles. The summed E-state index contributed by atoms with van der Waals surface area (Å²) in [7, 11) is 0. The smallest absolute Gasteiger partial charge is 0.271 e. The predicted molar refractivity (Wildman–Crippen MR) is 94.6 cm³/mol. The number of hydrogen-bond acceptors (Lipinski definition) is 3. The van der Waals surface area contributed by atoms with Crippen LogP contribution in [-0.2, 0) is 4.79 Å². The largest absolute Gasteiger partial charge is 0.492 e. The van der Waals surface area contributed by atoms with E-state index in [1.165, 1.54) is 6.20 Å². The lowest BCUT2D eigenvalue weighted by Crippen LogP contribution is -2.19. The second-order valence-electron chi connectivity index (χ2n) is 4.61. The van der Waals surface area contributed by atoms with Crippen molar-refractivity contribution in [3.8, 4) is 5.75 Å². The van der Waals surface area contributed by atoms with Gasteiger partial charge in [0, 0.05) is 17.1 Å². The number of anilines is 1. The van der Waals surface area contributed by atoms with Crippen LogP contribution in [0.3, 0.4) is 0 Å². The van der Waals surface area contributed by atoms with Crippen molar-refractivity contribution in [1.82, 2.24) is 4.98 Å². The molecule has 1 heterocycles. The van der Waals surface area contributed by atoms with Gasteiger partial charge in [-0.3, -0.25) is 9.59 Å². The van der Waals surface area contributed by atoms with Gasteiger partial charge in [-0.05, 0) is 40.5 Å². The molecule has 0 fully saturated rings. The zero-order valence-electron chi connectivity index (χ0n) is 11.9. The van der Waals surface area contributed by atoms with E-state index in [1.807, 2.05) is 0 Å². The van der Waals surface area contributed by atoms with Crippen LogP contribution >= 0.6 is 39.1 Å². The van der Waals surface area contributed by atoms with Gasteiger partial charge in [-0.1, -0.05) is 29.3 Å². The van der Waals surface area contributed by atoms with Gasteiger partial charge in [0.1, 0.15) is 16.5 Å². The van der Waals surface area contributed by atoms with E-state index in [9.17, 15) is 9.59 Å². The van der Waals surface area contributed by atoms with Crippen molar-refractivity contribution in [1.29, 1.82) is 0 Å². The number of ether oxygens (including phenoxy) is 1. The van der Waals surface area contributed by atoms with Crippen molar-refractivity contribution >= 4 is 50.7 Å². The van der Waals surface area contributed by atoms with Gasteiger partial charge in [0.05, 0.1) is 11.6 Å². The van der Waals surface area contributed by atoms with E-state index in [1.54, 1.807) is 24.3 Å². The van der Waals surface area contributed by atoms with E-state index in [0.717, 1.165) is 0 Å². The molecule has 8 heteroatoms. The SMILES string of the molecule is O=C(CCCOc1cccc(Cl)c1Cl)Nc1cc(Br)c[nH]c1=O. The van der Waals surface area contributed by atoms with Gasteiger partial charge in [0.15, 0.2) is 0 Å². The van der Waals surface area contributed by atoms with Crippen molar-refractivity contribution in [2.24, 2.45) is 0 Å². The molecular weight excluding hydrogens is 407 g/mol. The van der Waals surface area contributed by atoms with Crippen LogP contribution in [0.1, 0.15) is 12.8 Å². The number of carbonyl (C=O) groups is 1. The summed E-state index contributed by atoms with van der Waals surface area (Å²) in [5, 5.41) is 3.31. The maximum Gasteiger partial charge on any atom is 0.271 e. The molecule has 2 rings (SSSR count). The highest BCUT2D eigenvalue weighted by atomic mass is 79.9. The Hall–Kier alpha value is -1.50. The zero-order valence-corrected chi connectivity index (χ0v) is 15.0. The van der Waals surface area contributed by atoms with Crippen LogP contribution in [0.2, 0.25) is 10.0 Å². The van der Waals surface area contributed by atoms with Gasteiger partial charge in [-0.15, -0.1) is 0 Å². The molecule has 122 valence electrons. The highest BCUT2D eigenvalue weighted by molar-refractivity contribution is 9.10. The fraction of sp³-hybridized carbons (Fsp3) is 0.200. The average Bonchev–Trinajstić information content (AvgIpc) is 2.51. The molecule has 2 aromatic rings. The number of carbonyl (C=O) groups excluding carboxylic acids is 1. The molecule has 1 amide bonds. The van der Waals surface area contributed by atoms with Gasteiger partial charge in [0.25, 0.3) is 5.56 Å². The minimum atomic E-state index is -0.358. The van der Waals surface area contributed by atoms with Gasteiger partial charge in [-0.2, -0.15) is 0 Å². The lowest BCUT2D eigenvalue weighted by molar-refractivity contribution is -0.116. The minimum Gasteiger partial charge on any atom is -0.492 e. The molecule has 23 heavy (non-hydrogen) atoms. The second-order valence-corrected chi connectivity index (χ2v) is 6.31. The monoisotopic (exact) mass is 418 g/mol. The fourth-order valence-corrected chi connectivity index (χ4v) is 2.46. The molecule has 0 aliphatic rings. The number of benzene rings is 1. The number of H-pyrrole nitrogens is 1. The van der Waals surface area contributed by atoms with Crippen LogP contribution in [0, 0.1) is 0 Å². The number of hydrogen-bond donors (Lipinski definition) is 2. The molecule has 0 radical (unpaired) electrons.